The van der Waals surface area contributed by atoms with Crippen molar-refractivity contribution in [1.82, 2.24) is 9.80 Å². The lowest BCUT2D eigenvalue weighted by molar-refractivity contribution is 0.0674. The van der Waals surface area contributed by atoms with Crippen LogP contribution in [-0.4, -0.2) is 85.7 Å². The standard InChI is InChI=1S/C27H34N8O2.ClH/c1-18(30-32-26(28)34-8-12-36-13-9-34)20-6-7-23-21(16-20)17-25-22(4-3-5-24(23)25)19(2)31-33-27(29)35-10-14-37-15-11-35;/h3-7,16H,8-15,17H2,1-2H3,(H2,28,32)(H2,29,33);1H/b30-18+,31-19+;. The Morgan fingerprint density at radius 2 is 1.32 bits per heavy atom. The van der Waals surface area contributed by atoms with Crippen LogP contribution in [0.15, 0.2) is 56.8 Å². The Morgan fingerprint density at radius 3 is 1.92 bits per heavy atom. The first-order valence-corrected chi connectivity index (χ1v) is 12.7. The minimum absolute atomic E-state index is 0. The highest BCUT2D eigenvalue weighted by atomic mass is 35.5. The maximum atomic E-state index is 6.16. The average molecular weight is 539 g/mol. The summed E-state index contributed by atoms with van der Waals surface area (Å²) in [5.41, 5.74) is 21.0. The minimum atomic E-state index is 0. The summed E-state index contributed by atoms with van der Waals surface area (Å²) in [6, 6.07) is 12.8. The van der Waals surface area contributed by atoms with Crippen LogP contribution in [0, 0.1) is 0 Å². The number of rotatable bonds is 4. The molecule has 0 bridgehead atoms. The largest absolute Gasteiger partial charge is 0.378 e. The van der Waals surface area contributed by atoms with Crippen molar-refractivity contribution in [3.8, 4) is 11.1 Å². The van der Waals surface area contributed by atoms with Crippen LogP contribution in [0.5, 0.6) is 0 Å². The summed E-state index contributed by atoms with van der Waals surface area (Å²) in [4.78, 5) is 3.99. The molecule has 1 aliphatic carbocycles. The fraction of sp³-hybridized carbons (Fsp3) is 0.407. The summed E-state index contributed by atoms with van der Waals surface area (Å²) in [7, 11) is 0. The van der Waals surface area contributed by atoms with Gasteiger partial charge in [-0.3, -0.25) is 0 Å². The van der Waals surface area contributed by atoms with Gasteiger partial charge in [0.15, 0.2) is 0 Å². The van der Waals surface area contributed by atoms with Crippen LogP contribution in [0.1, 0.15) is 36.1 Å². The highest BCUT2D eigenvalue weighted by Crippen LogP contribution is 2.39. The Morgan fingerprint density at radius 1 is 0.737 bits per heavy atom. The third-order valence-corrected chi connectivity index (χ3v) is 7.02. The van der Waals surface area contributed by atoms with E-state index < -0.39 is 0 Å². The van der Waals surface area contributed by atoms with Crippen molar-refractivity contribution in [2.45, 2.75) is 20.3 Å². The van der Waals surface area contributed by atoms with Crippen molar-refractivity contribution in [2.24, 2.45) is 31.9 Å². The molecule has 2 saturated heterocycles. The van der Waals surface area contributed by atoms with E-state index in [1.807, 2.05) is 23.6 Å². The number of hydrogen-bond acceptors (Lipinski definition) is 6. The van der Waals surface area contributed by atoms with Gasteiger partial charge in [0.05, 0.1) is 37.9 Å². The summed E-state index contributed by atoms with van der Waals surface area (Å²) in [6.45, 7) is 9.49. The Kier molecular flexibility index (Phi) is 8.98. The second-order valence-corrected chi connectivity index (χ2v) is 9.37. The van der Waals surface area contributed by atoms with Gasteiger partial charge in [0.2, 0.25) is 11.9 Å². The van der Waals surface area contributed by atoms with Crippen LogP contribution < -0.4 is 11.5 Å². The van der Waals surface area contributed by atoms with E-state index >= 15 is 0 Å². The Hall–Kier alpha value is -3.47. The molecule has 2 aromatic rings. The van der Waals surface area contributed by atoms with Gasteiger partial charge in [-0.15, -0.1) is 22.6 Å². The maximum Gasteiger partial charge on any atom is 0.216 e. The zero-order chi connectivity index (χ0) is 25.8. The average Bonchev–Trinajstić information content (AvgIpc) is 3.33. The molecular formula is C27H35ClN8O2. The van der Waals surface area contributed by atoms with E-state index in [2.05, 4.69) is 56.8 Å². The quantitative estimate of drug-likeness (QED) is 0.298. The molecule has 0 spiro atoms. The zero-order valence-corrected chi connectivity index (χ0v) is 22.7. The monoisotopic (exact) mass is 538 g/mol. The molecule has 0 aromatic heterocycles. The SMILES string of the molecule is C/C(=N\N=C(\N)N1CCOCC1)c1ccc2c(c1)Cc1c(/C(C)=N/N=C(\N)N3CCOCC3)cccc1-2.Cl. The van der Waals surface area contributed by atoms with Gasteiger partial charge in [0.1, 0.15) is 0 Å². The molecule has 4 N–H and O–H groups in total. The molecule has 2 heterocycles. The Bertz CT molecular complexity index is 1280. The molecule has 0 radical (unpaired) electrons. The molecule has 10 nitrogen and oxygen atoms in total. The number of ether oxygens (including phenoxy) is 2. The molecule has 202 valence electrons. The van der Waals surface area contributed by atoms with Crippen molar-refractivity contribution in [3.05, 3.63) is 58.7 Å². The summed E-state index contributed by atoms with van der Waals surface area (Å²) in [6.07, 6.45) is 0.816. The van der Waals surface area contributed by atoms with E-state index in [1.165, 1.54) is 22.3 Å². The molecule has 11 heteroatoms. The first-order valence-electron chi connectivity index (χ1n) is 12.7. The number of guanidine groups is 2. The van der Waals surface area contributed by atoms with Crippen LogP contribution in [0.25, 0.3) is 11.1 Å². The van der Waals surface area contributed by atoms with Crippen LogP contribution >= 0.6 is 12.4 Å². The lowest BCUT2D eigenvalue weighted by atomic mass is 9.98. The van der Waals surface area contributed by atoms with E-state index in [9.17, 15) is 0 Å². The van der Waals surface area contributed by atoms with Gasteiger partial charge in [-0.1, -0.05) is 30.3 Å². The molecule has 0 atom stereocenters. The second kappa shape index (κ2) is 12.4. The molecule has 3 aliphatic rings. The van der Waals surface area contributed by atoms with Crippen LogP contribution in [-0.2, 0) is 15.9 Å². The highest BCUT2D eigenvalue weighted by molar-refractivity contribution is 6.04. The fourth-order valence-electron chi connectivity index (χ4n) is 4.86. The Labute approximate surface area is 229 Å². The third kappa shape index (κ3) is 5.98. The first-order chi connectivity index (χ1) is 18.0. The number of hydrogen-bond donors (Lipinski definition) is 2. The van der Waals surface area contributed by atoms with Gasteiger partial charge >= 0.3 is 0 Å². The number of halogens is 1. The normalized spacial score (nSPS) is 18.7. The Balaban J connectivity index is 0.00000336. The molecule has 2 fully saturated rings. The smallest absolute Gasteiger partial charge is 0.216 e. The summed E-state index contributed by atoms with van der Waals surface area (Å²) in [5.74, 6) is 0.849. The van der Waals surface area contributed by atoms with Gasteiger partial charge < -0.3 is 30.7 Å². The molecule has 5 rings (SSSR count). The fourth-order valence-corrected chi connectivity index (χ4v) is 4.86. The molecular weight excluding hydrogens is 504 g/mol. The van der Waals surface area contributed by atoms with Crippen LogP contribution in [0.4, 0.5) is 0 Å². The number of nitrogens with zero attached hydrogens (tertiary/aromatic N) is 6. The van der Waals surface area contributed by atoms with Gasteiger partial charge in [-0.05, 0) is 54.2 Å². The van der Waals surface area contributed by atoms with E-state index in [0.29, 0.717) is 38.3 Å². The second-order valence-electron chi connectivity index (χ2n) is 9.37. The molecule has 2 aliphatic heterocycles. The minimum Gasteiger partial charge on any atom is -0.378 e. The summed E-state index contributed by atoms with van der Waals surface area (Å²) in [5, 5.41) is 17.5. The molecule has 0 amide bonds. The number of benzene rings is 2. The van der Waals surface area contributed by atoms with Gasteiger partial charge in [0.25, 0.3) is 0 Å². The van der Waals surface area contributed by atoms with Gasteiger partial charge in [-0.2, -0.15) is 10.2 Å². The summed E-state index contributed by atoms with van der Waals surface area (Å²) < 4.78 is 10.8. The van der Waals surface area contributed by atoms with Crippen molar-refractivity contribution in [1.29, 1.82) is 0 Å². The molecule has 2 aromatic carbocycles. The topological polar surface area (TPSA) is 126 Å². The maximum absolute atomic E-state index is 6.16. The predicted octanol–water partition coefficient (Wildman–Crippen LogP) is 2.42. The first kappa shape index (κ1) is 27.6. The number of fused-ring (bicyclic) bond motifs is 3. The number of nitrogens with two attached hydrogens (primary N) is 2. The van der Waals surface area contributed by atoms with E-state index in [0.717, 1.165) is 55.2 Å². The van der Waals surface area contributed by atoms with Gasteiger partial charge in [0, 0.05) is 31.7 Å². The molecule has 0 saturated carbocycles. The lowest BCUT2D eigenvalue weighted by Gasteiger charge is -2.26. The van der Waals surface area contributed by atoms with E-state index in [4.69, 9.17) is 20.9 Å². The number of morpholine rings is 2. The lowest BCUT2D eigenvalue weighted by Crippen LogP contribution is -2.44. The third-order valence-electron chi connectivity index (χ3n) is 7.02. The van der Waals surface area contributed by atoms with Crippen molar-refractivity contribution in [2.75, 3.05) is 52.6 Å². The van der Waals surface area contributed by atoms with Crippen molar-refractivity contribution in [3.63, 3.8) is 0 Å². The molecule has 38 heavy (non-hydrogen) atoms. The summed E-state index contributed by atoms with van der Waals surface area (Å²) >= 11 is 0. The van der Waals surface area contributed by atoms with Gasteiger partial charge in [-0.25, -0.2) is 0 Å². The molecule has 0 unspecified atom stereocenters. The van der Waals surface area contributed by atoms with E-state index in [-0.39, 0.29) is 12.4 Å². The zero-order valence-electron chi connectivity index (χ0n) is 21.9. The van der Waals surface area contributed by atoms with Crippen LogP contribution in [0.3, 0.4) is 0 Å². The van der Waals surface area contributed by atoms with Crippen LogP contribution in [0.2, 0.25) is 0 Å². The van der Waals surface area contributed by atoms with Crippen molar-refractivity contribution >= 4 is 35.7 Å². The predicted molar refractivity (Wildman–Crippen MR) is 154 cm³/mol. The van der Waals surface area contributed by atoms with Crippen molar-refractivity contribution < 1.29 is 9.47 Å². The highest BCUT2D eigenvalue weighted by Gasteiger charge is 2.23. The van der Waals surface area contributed by atoms with E-state index in [1.54, 1.807) is 0 Å².